The average Bonchev–Trinajstić information content (AvgIpc) is 2.93. The Morgan fingerprint density at radius 2 is 2.35 bits per heavy atom. The maximum Gasteiger partial charge on any atom is 0.256 e. The zero-order valence-corrected chi connectivity index (χ0v) is 11.4. The zero-order valence-electron chi connectivity index (χ0n) is 9.77. The summed E-state index contributed by atoms with van der Waals surface area (Å²) in [7, 11) is 0. The van der Waals surface area contributed by atoms with E-state index in [9.17, 15) is 0 Å². The minimum absolute atomic E-state index is 0.681. The molecule has 0 aliphatic carbocycles. The van der Waals surface area contributed by atoms with Gasteiger partial charge in [-0.15, -0.1) is 10.2 Å². The van der Waals surface area contributed by atoms with Crippen molar-refractivity contribution in [2.75, 3.05) is 11.9 Å². The molecule has 0 atom stereocenters. The molecule has 0 aliphatic heterocycles. The number of nitrogens with one attached hydrogen (secondary N) is 1. The van der Waals surface area contributed by atoms with Gasteiger partial charge in [-0.1, -0.05) is 30.0 Å². The van der Waals surface area contributed by atoms with Gasteiger partial charge in [-0.2, -0.15) is 0 Å². The lowest BCUT2D eigenvalue weighted by Gasteiger charge is -1.95. The fourth-order valence-corrected chi connectivity index (χ4v) is 2.74. The van der Waals surface area contributed by atoms with Gasteiger partial charge in [0, 0.05) is 6.54 Å². The molecule has 2 aromatic rings. The smallest absolute Gasteiger partial charge is 0.256 e. The minimum atomic E-state index is 0.681. The molecule has 92 valence electrons. The highest BCUT2D eigenvalue weighted by Crippen LogP contribution is 2.25. The van der Waals surface area contributed by atoms with E-state index in [4.69, 9.17) is 4.42 Å². The largest absolute Gasteiger partial charge is 0.440 e. The van der Waals surface area contributed by atoms with Crippen LogP contribution in [0.3, 0.4) is 0 Å². The molecule has 0 aliphatic rings. The molecule has 2 heterocycles. The van der Waals surface area contributed by atoms with Crippen LogP contribution in [0, 0.1) is 6.92 Å². The Morgan fingerprint density at radius 3 is 3.06 bits per heavy atom. The van der Waals surface area contributed by atoms with Crippen molar-refractivity contribution in [3.05, 3.63) is 17.0 Å². The summed E-state index contributed by atoms with van der Waals surface area (Å²) in [5.74, 6) is 0.741. The van der Waals surface area contributed by atoms with E-state index in [1.54, 1.807) is 17.6 Å². The lowest BCUT2D eigenvalue weighted by atomic mass is 10.5. The van der Waals surface area contributed by atoms with Crippen LogP contribution in [0.15, 0.2) is 15.9 Å². The first-order chi connectivity index (χ1) is 8.28. The first-order valence-corrected chi connectivity index (χ1v) is 7.19. The Hall–Kier alpha value is -1.08. The zero-order chi connectivity index (χ0) is 12.1. The number of thioether (sulfide) groups is 1. The average molecular weight is 270 g/mol. The molecule has 0 saturated heterocycles. The number of anilines is 1. The van der Waals surface area contributed by atoms with Gasteiger partial charge >= 0.3 is 0 Å². The quantitative estimate of drug-likeness (QED) is 0.814. The van der Waals surface area contributed by atoms with Gasteiger partial charge in [0.1, 0.15) is 11.3 Å². The van der Waals surface area contributed by atoms with E-state index in [1.165, 1.54) is 11.8 Å². The van der Waals surface area contributed by atoms with Crippen molar-refractivity contribution in [3.8, 4) is 0 Å². The molecule has 0 bridgehead atoms. The van der Waals surface area contributed by atoms with E-state index in [0.29, 0.717) is 5.22 Å². The molecule has 0 unspecified atom stereocenters. The summed E-state index contributed by atoms with van der Waals surface area (Å²) in [5.41, 5.74) is 0.898. The lowest BCUT2D eigenvalue weighted by Crippen LogP contribution is -1.98. The molecule has 0 amide bonds. The Balaban J connectivity index is 1.84. The van der Waals surface area contributed by atoms with Crippen molar-refractivity contribution in [2.24, 2.45) is 0 Å². The second kappa shape index (κ2) is 6.02. The van der Waals surface area contributed by atoms with E-state index in [1.807, 2.05) is 6.92 Å². The predicted molar refractivity (Wildman–Crippen MR) is 69.5 cm³/mol. The van der Waals surface area contributed by atoms with Crippen LogP contribution in [0.25, 0.3) is 0 Å². The van der Waals surface area contributed by atoms with E-state index in [-0.39, 0.29) is 0 Å². The van der Waals surface area contributed by atoms with Gasteiger partial charge in [-0.25, -0.2) is 4.98 Å². The van der Waals surface area contributed by atoms with Crippen LogP contribution in [0.5, 0.6) is 0 Å². The SMILES string of the molecule is CCCNc1nnc(CSc2nc(C)co2)s1. The van der Waals surface area contributed by atoms with Crippen LogP contribution in [0.4, 0.5) is 5.13 Å². The van der Waals surface area contributed by atoms with Gasteiger partial charge in [-0.05, 0) is 13.3 Å². The van der Waals surface area contributed by atoms with Crippen LogP contribution in [-0.4, -0.2) is 21.7 Å². The highest BCUT2D eigenvalue weighted by Gasteiger charge is 2.07. The second-order valence-corrected chi connectivity index (χ2v) is 5.46. The fraction of sp³-hybridized carbons (Fsp3) is 0.500. The number of nitrogens with zero attached hydrogens (tertiary/aromatic N) is 3. The van der Waals surface area contributed by atoms with Gasteiger partial charge in [-0.3, -0.25) is 0 Å². The van der Waals surface area contributed by atoms with Crippen LogP contribution in [0.1, 0.15) is 24.0 Å². The molecule has 0 aromatic carbocycles. The van der Waals surface area contributed by atoms with Crippen LogP contribution in [0.2, 0.25) is 0 Å². The molecule has 0 saturated carbocycles. The first kappa shape index (κ1) is 12.4. The molecule has 2 rings (SSSR count). The van der Waals surface area contributed by atoms with Crippen LogP contribution < -0.4 is 5.32 Å². The van der Waals surface area contributed by atoms with E-state index < -0.39 is 0 Å². The van der Waals surface area contributed by atoms with Gasteiger partial charge in [0.15, 0.2) is 0 Å². The number of hydrogen-bond acceptors (Lipinski definition) is 7. The molecule has 0 spiro atoms. The number of oxazole rings is 1. The van der Waals surface area contributed by atoms with Gasteiger partial charge in [0.25, 0.3) is 5.22 Å². The molecule has 17 heavy (non-hydrogen) atoms. The normalized spacial score (nSPS) is 10.7. The molecular formula is C10H14N4OS2. The van der Waals surface area contributed by atoms with Crippen molar-refractivity contribution >= 4 is 28.2 Å². The number of aryl methyl sites for hydroxylation is 1. The lowest BCUT2D eigenvalue weighted by molar-refractivity contribution is 0.454. The molecule has 1 N–H and O–H groups in total. The van der Waals surface area contributed by atoms with Crippen molar-refractivity contribution in [3.63, 3.8) is 0 Å². The number of hydrogen-bond donors (Lipinski definition) is 1. The standard InChI is InChI=1S/C10H14N4OS2/c1-3-4-11-9-14-13-8(17-9)6-16-10-12-7(2)5-15-10/h5H,3-4,6H2,1-2H3,(H,11,14). The summed E-state index contributed by atoms with van der Waals surface area (Å²) in [6, 6.07) is 0. The summed E-state index contributed by atoms with van der Waals surface area (Å²) in [6.07, 6.45) is 2.73. The third-order valence-electron chi connectivity index (χ3n) is 1.91. The molecule has 7 heteroatoms. The van der Waals surface area contributed by atoms with Crippen molar-refractivity contribution in [1.82, 2.24) is 15.2 Å². The Kier molecular flexibility index (Phi) is 4.38. The Morgan fingerprint density at radius 1 is 1.47 bits per heavy atom. The highest BCUT2D eigenvalue weighted by atomic mass is 32.2. The fourth-order valence-electron chi connectivity index (χ4n) is 1.14. The van der Waals surface area contributed by atoms with Crippen LogP contribution in [-0.2, 0) is 5.75 Å². The monoisotopic (exact) mass is 270 g/mol. The molecule has 0 radical (unpaired) electrons. The second-order valence-electron chi connectivity index (χ2n) is 3.47. The first-order valence-electron chi connectivity index (χ1n) is 5.39. The predicted octanol–water partition coefficient (Wildman–Crippen LogP) is 2.95. The molecular weight excluding hydrogens is 256 g/mol. The van der Waals surface area contributed by atoms with E-state index >= 15 is 0 Å². The van der Waals surface area contributed by atoms with E-state index in [2.05, 4.69) is 27.4 Å². The summed E-state index contributed by atoms with van der Waals surface area (Å²) in [4.78, 5) is 4.22. The summed E-state index contributed by atoms with van der Waals surface area (Å²) < 4.78 is 5.25. The topological polar surface area (TPSA) is 63.8 Å². The van der Waals surface area contributed by atoms with Crippen molar-refractivity contribution in [1.29, 1.82) is 0 Å². The van der Waals surface area contributed by atoms with E-state index in [0.717, 1.165) is 34.6 Å². The van der Waals surface area contributed by atoms with Gasteiger partial charge in [0.05, 0.1) is 11.4 Å². The Labute approximate surface area is 108 Å². The highest BCUT2D eigenvalue weighted by molar-refractivity contribution is 7.98. The van der Waals surface area contributed by atoms with Crippen LogP contribution >= 0.6 is 23.1 Å². The number of aromatic nitrogens is 3. The maximum atomic E-state index is 5.25. The maximum absolute atomic E-state index is 5.25. The molecule has 2 aromatic heterocycles. The Bertz CT molecular complexity index is 468. The van der Waals surface area contributed by atoms with Gasteiger partial charge < -0.3 is 9.73 Å². The number of rotatable bonds is 6. The third-order valence-corrected chi connectivity index (χ3v) is 3.83. The summed E-state index contributed by atoms with van der Waals surface area (Å²) in [6.45, 7) is 4.96. The third kappa shape index (κ3) is 3.71. The minimum Gasteiger partial charge on any atom is -0.440 e. The molecule has 5 nitrogen and oxygen atoms in total. The molecule has 0 fully saturated rings. The summed E-state index contributed by atoms with van der Waals surface area (Å²) in [5, 5.41) is 13.9. The summed E-state index contributed by atoms with van der Waals surface area (Å²) >= 11 is 3.11. The van der Waals surface area contributed by atoms with Crippen molar-refractivity contribution in [2.45, 2.75) is 31.2 Å². The van der Waals surface area contributed by atoms with Crippen molar-refractivity contribution < 1.29 is 4.42 Å². The van der Waals surface area contributed by atoms with Gasteiger partial charge in [0.2, 0.25) is 5.13 Å².